The van der Waals surface area contributed by atoms with Crippen molar-refractivity contribution in [1.29, 1.82) is 0 Å². The summed E-state index contributed by atoms with van der Waals surface area (Å²) in [6, 6.07) is 16.0. The van der Waals surface area contributed by atoms with Crippen LogP contribution in [0.4, 0.5) is 5.69 Å². The van der Waals surface area contributed by atoms with Crippen molar-refractivity contribution >= 4 is 29.7 Å². The van der Waals surface area contributed by atoms with Crippen LogP contribution in [0.15, 0.2) is 48.5 Å². The standard InChI is InChI=1S/C16H18ClNO.ClH/c1-19-16-10-4-13(5-11-16)3-2-12-18-15-8-6-14(17)7-9-15;/h4-11,18H,2-3,12H2,1H3;1H. The number of halogens is 2. The molecule has 0 aromatic heterocycles. The summed E-state index contributed by atoms with van der Waals surface area (Å²) in [5.74, 6) is 0.906. The molecule has 0 spiro atoms. The van der Waals surface area contributed by atoms with Crippen LogP contribution >= 0.6 is 24.0 Å². The highest BCUT2D eigenvalue weighted by molar-refractivity contribution is 6.30. The van der Waals surface area contributed by atoms with E-state index in [9.17, 15) is 0 Å². The van der Waals surface area contributed by atoms with Gasteiger partial charge in [0.1, 0.15) is 5.75 Å². The maximum absolute atomic E-state index is 5.84. The Balaban J connectivity index is 0.00000200. The van der Waals surface area contributed by atoms with Crippen LogP contribution in [0.3, 0.4) is 0 Å². The summed E-state index contributed by atoms with van der Waals surface area (Å²) in [6.07, 6.45) is 2.15. The minimum absolute atomic E-state index is 0. The van der Waals surface area contributed by atoms with Gasteiger partial charge >= 0.3 is 0 Å². The van der Waals surface area contributed by atoms with E-state index in [1.54, 1.807) is 7.11 Å². The minimum Gasteiger partial charge on any atom is -0.497 e. The van der Waals surface area contributed by atoms with E-state index in [1.807, 2.05) is 36.4 Å². The minimum atomic E-state index is 0. The van der Waals surface area contributed by atoms with Gasteiger partial charge in [0, 0.05) is 17.3 Å². The number of anilines is 1. The molecule has 0 aliphatic rings. The first-order valence-corrected chi connectivity index (χ1v) is 6.78. The molecule has 108 valence electrons. The molecule has 2 nitrogen and oxygen atoms in total. The zero-order valence-electron chi connectivity index (χ0n) is 11.4. The summed E-state index contributed by atoms with van der Waals surface area (Å²) >= 11 is 5.84. The van der Waals surface area contributed by atoms with Gasteiger partial charge in [0.2, 0.25) is 0 Å². The Labute approximate surface area is 131 Å². The maximum atomic E-state index is 5.84. The molecule has 4 heteroatoms. The fourth-order valence-electron chi connectivity index (χ4n) is 1.89. The van der Waals surface area contributed by atoms with Gasteiger partial charge in [0.25, 0.3) is 0 Å². The number of hydrogen-bond donors (Lipinski definition) is 1. The van der Waals surface area contributed by atoms with Crippen molar-refractivity contribution in [3.63, 3.8) is 0 Å². The second-order valence-electron chi connectivity index (χ2n) is 4.39. The molecule has 2 aromatic carbocycles. The van der Waals surface area contributed by atoms with Gasteiger partial charge in [-0.2, -0.15) is 0 Å². The first-order valence-electron chi connectivity index (χ1n) is 6.40. The van der Waals surface area contributed by atoms with Crippen LogP contribution in [0.1, 0.15) is 12.0 Å². The molecule has 2 aromatic rings. The molecule has 0 bridgehead atoms. The predicted octanol–water partition coefficient (Wildman–Crippen LogP) is 4.82. The summed E-state index contributed by atoms with van der Waals surface area (Å²) in [5, 5.41) is 4.15. The monoisotopic (exact) mass is 311 g/mol. The summed E-state index contributed by atoms with van der Waals surface area (Å²) in [4.78, 5) is 0. The third-order valence-electron chi connectivity index (χ3n) is 2.97. The van der Waals surface area contributed by atoms with Crippen molar-refractivity contribution in [2.75, 3.05) is 19.0 Å². The number of rotatable bonds is 6. The third-order valence-corrected chi connectivity index (χ3v) is 3.23. The van der Waals surface area contributed by atoms with Gasteiger partial charge in [-0.25, -0.2) is 0 Å². The smallest absolute Gasteiger partial charge is 0.118 e. The van der Waals surface area contributed by atoms with E-state index in [0.717, 1.165) is 35.8 Å². The lowest BCUT2D eigenvalue weighted by molar-refractivity contribution is 0.414. The lowest BCUT2D eigenvalue weighted by Gasteiger charge is -2.07. The van der Waals surface area contributed by atoms with Crippen molar-refractivity contribution in [2.45, 2.75) is 12.8 Å². The van der Waals surface area contributed by atoms with Gasteiger partial charge in [-0.05, 0) is 54.8 Å². The molecule has 0 unspecified atom stereocenters. The van der Waals surface area contributed by atoms with Crippen molar-refractivity contribution in [3.05, 3.63) is 59.1 Å². The van der Waals surface area contributed by atoms with Crippen molar-refractivity contribution in [2.24, 2.45) is 0 Å². The molecule has 2 rings (SSSR count). The fraction of sp³-hybridized carbons (Fsp3) is 0.250. The highest BCUT2D eigenvalue weighted by Gasteiger charge is 1.96. The van der Waals surface area contributed by atoms with Crippen LogP contribution in [0.5, 0.6) is 5.75 Å². The summed E-state index contributed by atoms with van der Waals surface area (Å²) in [7, 11) is 1.69. The zero-order valence-corrected chi connectivity index (χ0v) is 13.0. The molecule has 0 fully saturated rings. The first kappa shape index (κ1) is 16.7. The Morgan fingerprint density at radius 2 is 1.65 bits per heavy atom. The quantitative estimate of drug-likeness (QED) is 0.773. The maximum Gasteiger partial charge on any atom is 0.118 e. The predicted molar refractivity (Wildman–Crippen MR) is 88.5 cm³/mol. The van der Waals surface area contributed by atoms with E-state index in [1.165, 1.54) is 5.56 Å². The summed E-state index contributed by atoms with van der Waals surface area (Å²) < 4.78 is 5.14. The highest BCUT2D eigenvalue weighted by atomic mass is 35.5. The zero-order chi connectivity index (χ0) is 13.5. The molecule has 20 heavy (non-hydrogen) atoms. The summed E-state index contributed by atoms with van der Waals surface area (Å²) in [5.41, 5.74) is 2.44. The van der Waals surface area contributed by atoms with Gasteiger partial charge in [-0.15, -0.1) is 12.4 Å². The van der Waals surface area contributed by atoms with Crippen LogP contribution in [-0.2, 0) is 6.42 Å². The van der Waals surface area contributed by atoms with Gasteiger partial charge in [-0.1, -0.05) is 23.7 Å². The van der Waals surface area contributed by atoms with Crippen molar-refractivity contribution in [3.8, 4) is 5.75 Å². The average molecular weight is 312 g/mol. The molecular weight excluding hydrogens is 293 g/mol. The third kappa shape index (κ3) is 5.32. The van der Waals surface area contributed by atoms with Crippen molar-refractivity contribution < 1.29 is 4.74 Å². The van der Waals surface area contributed by atoms with E-state index in [-0.39, 0.29) is 12.4 Å². The number of methoxy groups -OCH3 is 1. The second kappa shape index (κ2) is 8.72. The molecule has 0 aliphatic carbocycles. The molecule has 0 amide bonds. The molecule has 0 saturated heterocycles. The molecule has 0 radical (unpaired) electrons. The lowest BCUT2D eigenvalue weighted by Crippen LogP contribution is -2.02. The highest BCUT2D eigenvalue weighted by Crippen LogP contribution is 2.14. The van der Waals surface area contributed by atoms with Crippen molar-refractivity contribution in [1.82, 2.24) is 0 Å². The topological polar surface area (TPSA) is 21.3 Å². The van der Waals surface area contributed by atoms with E-state index >= 15 is 0 Å². The number of hydrogen-bond acceptors (Lipinski definition) is 2. The molecule has 0 atom stereocenters. The van der Waals surface area contributed by atoms with Crippen LogP contribution in [0.2, 0.25) is 5.02 Å². The van der Waals surface area contributed by atoms with Gasteiger partial charge < -0.3 is 10.1 Å². The Bertz CT molecular complexity index is 497. The van der Waals surface area contributed by atoms with E-state index in [2.05, 4.69) is 17.4 Å². The van der Waals surface area contributed by atoms with Crippen LogP contribution in [0, 0.1) is 0 Å². The Hall–Kier alpha value is -1.38. The number of nitrogens with one attached hydrogen (secondary N) is 1. The van der Waals surface area contributed by atoms with E-state index < -0.39 is 0 Å². The van der Waals surface area contributed by atoms with Crippen LogP contribution in [0.25, 0.3) is 0 Å². The Morgan fingerprint density at radius 1 is 1.00 bits per heavy atom. The number of ether oxygens (including phenoxy) is 1. The molecule has 1 N–H and O–H groups in total. The fourth-order valence-corrected chi connectivity index (χ4v) is 2.01. The van der Waals surface area contributed by atoms with E-state index in [4.69, 9.17) is 16.3 Å². The SMILES string of the molecule is COc1ccc(CCCNc2ccc(Cl)cc2)cc1.Cl. The number of benzene rings is 2. The van der Waals surface area contributed by atoms with Gasteiger partial charge in [-0.3, -0.25) is 0 Å². The Kier molecular flexibility index (Phi) is 7.27. The molecular formula is C16H19Cl2NO. The molecule has 0 saturated carbocycles. The number of aryl methyl sites for hydroxylation is 1. The second-order valence-corrected chi connectivity index (χ2v) is 4.82. The normalized spacial score (nSPS) is 9.70. The van der Waals surface area contributed by atoms with Gasteiger partial charge in [0.15, 0.2) is 0 Å². The molecule has 0 aliphatic heterocycles. The first-order chi connectivity index (χ1) is 9.28. The lowest BCUT2D eigenvalue weighted by atomic mass is 10.1. The molecule has 0 heterocycles. The Morgan fingerprint density at radius 3 is 2.25 bits per heavy atom. The van der Waals surface area contributed by atoms with Crippen LogP contribution < -0.4 is 10.1 Å². The van der Waals surface area contributed by atoms with E-state index in [0.29, 0.717) is 0 Å². The largest absolute Gasteiger partial charge is 0.497 e. The van der Waals surface area contributed by atoms with Crippen LogP contribution in [-0.4, -0.2) is 13.7 Å². The van der Waals surface area contributed by atoms with Gasteiger partial charge in [0.05, 0.1) is 7.11 Å². The summed E-state index contributed by atoms with van der Waals surface area (Å²) in [6.45, 7) is 0.952. The average Bonchev–Trinajstić information content (AvgIpc) is 2.46.